The number of carboxylic acids is 1. The van der Waals surface area contributed by atoms with Gasteiger partial charge >= 0.3 is 5.97 Å². The monoisotopic (exact) mass is 225 g/mol. The summed E-state index contributed by atoms with van der Waals surface area (Å²) in [5.74, 6) is -0.980. The average molecular weight is 225 g/mol. The zero-order chi connectivity index (χ0) is 11.2. The summed E-state index contributed by atoms with van der Waals surface area (Å²) in [5, 5.41) is 7.38. The Hall–Kier alpha value is -0.660. The fourth-order valence-corrected chi connectivity index (χ4v) is 2.01. The van der Waals surface area contributed by atoms with E-state index < -0.39 is 21.3 Å². The van der Waals surface area contributed by atoms with Crippen LogP contribution in [0.2, 0.25) is 0 Å². The first-order chi connectivity index (χ1) is 6.38. The Balaban J connectivity index is 4.05. The van der Waals surface area contributed by atoms with Gasteiger partial charge in [-0.25, -0.2) is 0 Å². The average Bonchev–Trinajstić information content (AvgIpc) is 2.00. The lowest BCUT2D eigenvalue weighted by molar-refractivity contribution is -0.137. The zero-order valence-electron chi connectivity index (χ0n) is 7.72. The van der Waals surface area contributed by atoms with Gasteiger partial charge in [0, 0.05) is 6.42 Å². The quantitative estimate of drug-likeness (QED) is 0.518. The molecule has 0 saturated carbocycles. The molecule has 4 N–H and O–H groups in total. The van der Waals surface area contributed by atoms with Crippen molar-refractivity contribution < 1.29 is 22.9 Å². The highest BCUT2D eigenvalue weighted by Crippen LogP contribution is 2.12. The molecule has 7 heteroatoms. The molecule has 0 bridgehead atoms. The van der Waals surface area contributed by atoms with Crippen molar-refractivity contribution in [3.63, 3.8) is 0 Å². The van der Waals surface area contributed by atoms with Crippen LogP contribution in [0.15, 0.2) is 0 Å². The molecule has 0 aliphatic heterocycles. The van der Waals surface area contributed by atoms with Crippen molar-refractivity contribution in [3.8, 4) is 0 Å². The molecule has 14 heavy (non-hydrogen) atoms. The number of rotatable bonds is 7. The van der Waals surface area contributed by atoms with Gasteiger partial charge in [0.05, 0.1) is 5.25 Å². The van der Waals surface area contributed by atoms with Crippen molar-refractivity contribution in [1.82, 2.24) is 0 Å². The minimum Gasteiger partial charge on any atom is -0.481 e. The van der Waals surface area contributed by atoms with Gasteiger partial charge in [-0.1, -0.05) is 0 Å². The molecule has 0 amide bonds. The molecule has 0 rings (SSSR count). The summed E-state index contributed by atoms with van der Waals surface area (Å²) in [4.78, 5) is 10.2. The maximum Gasteiger partial charge on any atom is 0.303 e. The Morgan fingerprint density at radius 1 is 1.36 bits per heavy atom. The maximum atomic E-state index is 10.7. The highest BCUT2D eigenvalue weighted by molar-refractivity contribution is 7.86. The Kier molecular flexibility index (Phi) is 5.66. The highest BCUT2D eigenvalue weighted by Gasteiger charge is 2.21. The van der Waals surface area contributed by atoms with Gasteiger partial charge in [-0.3, -0.25) is 9.35 Å². The fraction of sp³-hybridized carbons (Fsp3) is 0.857. The Morgan fingerprint density at radius 3 is 2.29 bits per heavy atom. The topological polar surface area (TPSA) is 118 Å². The van der Waals surface area contributed by atoms with Crippen molar-refractivity contribution in [2.24, 2.45) is 5.73 Å². The van der Waals surface area contributed by atoms with Gasteiger partial charge in [-0.15, -0.1) is 0 Å². The van der Waals surface area contributed by atoms with Gasteiger partial charge in [-0.05, 0) is 25.8 Å². The molecule has 0 aromatic heterocycles. The molecule has 0 saturated heterocycles. The lowest BCUT2D eigenvalue weighted by Crippen LogP contribution is -2.24. The maximum absolute atomic E-state index is 10.7. The van der Waals surface area contributed by atoms with Crippen LogP contribution in [-0.2, 0) is 14.9 Å². The van der Waals surface area contributed by atoms with E-state index in [9.17, 15) is 13.2 Å². The molecule has 1 atom stereocenters. The molecular weight excluding hydrogens is 210 g/mol. The van der Waals surface area contributed by atoms with Gasteiger partial charge in [0.15, 0.2) is 0 Å². The summed E-state index contributed by atoms with van der Waals surface area (Å²) in [5.41, 5.74) is 5.17. The molecule has 0 aliphatic rings. The Bertz CT molecular complexity index is 274. The molecule has 1 unspecified atom stereocenters. The molecule has 0 aromatic carbocycles. The fourth-order valence-electron chi connectivity index (χ4n) is 1.11. The summed E-state index contributed by atoms with van der Waals surface area (Å²) >= 11 is 0. The van der Waals surface area contributed by atoms with Crippen LogP contribution in [-0.4, -0.2) is 35.8 Å². The second kappa shape index (κ2) is 5.94. The summed E-state index contributed by atoms with van der Waals surface area (Å²) in [7, 11) is -4.10. The standard InChI is InChI=1S/C7H15NO5S/c8-5-4-6(14(11,12)13)2-1-3-7(9)10/h6H,1-5,8H2,(H,9,10)(H,11,12,13). The van der Waals surface area contributed by atoms with E-state index in [4.69, 9.17) is 15.4 Å². The Labute approximate surface area is 82.9 Å². The van der Waals surface area contributed by atoms with Gasteiger partial charge in [-0.2, -0.15) is 8.42 Å². The van der Waals surface area contributed by atoms with E-state index in [1.807, 2.05) is 0 Å². The van der Waals surface area contributed by atoms with Crippen LogP contribution in [0.4, 0.5) is 0 Å². The van der Waals surface area contributed by atoms with Crippen LogP contribution in [0.25, 0.3) is 0 Å². The van der Waals surface area contributed by atoms with E-state index in [0.717, 1.165) is 0 Å². The first-order valence-corrected chi connectivity index (χ1v) is 5.76. The van der Waals surface area contributed by atoms with Crippen LogP contribution in [0.3, 0.4) is 0 Å². The smallest absolute Gasteiger partial charge is 0.303 e. The molecule has 0 spiro atoms. The minimum atomic E-state index is -4.10. The molecule has 0 heterocycles. The molecule has 0 radical (unpaired) electrons. The highest BCUT2D eigenvalue weighted by atomic mass is 32.2. The summed E-state index contributed by atoms with van der Waals surface area (Å²) in [6.45, 7) is 0.150. The second-order valence-corrected chi connectivity index (χ2v) is 4.70. The van der Waals surface area contributed by atoms with Crippen LogP contribution >= 0.6 is 0 Å². The predicted octanol–water partition coefficient (Wildman–Crippen LogP) is -0.153. The predicted molar refractivity (Wildman–Crippen MR) is 50.5 cm³/mol. The van der Waals surface area contributed by atoms with Gasteiger partial charge in [0.25, 0.3) is 10.1 Å². The van der Waals surface area contributed by atoms with Gasteiger partial charge in [0.1, 0.15) is 0 Å². The zero-order valence-corrected chi connectivity index (χ0v) is 8.53. The Morgan fingerprint density at radius 2 is 1.93 bits per heavy atom. The van der Waals surface area contributed by atoms with Crippen LogP contribution < -0.4 is 5.73 Å². The van der Waals surface area contributed by atoms with Crippen molar-refractivity contribution in [2.75, 3.05) is 6.54 Å². The number of hydrogen-bond acceptors (Lipinski definition) is 4. The summed E-state index contributed by atoms with van der Waals surface area (Å²) < 4.78 is 30.2. The van der Waals surface area contributed by atoms with Gasteiger partial charge in [0.2, 0.25) is 0 Å². The first-order valence-electron chi connectivity index (χ1n) is 4.26. The van der Waals surface area contributed by atoms with Crippen LogP contribution in [0.1, 0.15) is 25.7 Å². The van der Waals surface area contributed by atoms with Crippen molar-refractivity contribution in [2.45, 2.75) is 30.9 Å². The van der Waals surface area contributed by atoms with E-state index in [2.05, 4.69) is 0 Å². The van der Waals surface area contributed by atoms with Crippen LogP contribution in [0, 0.1) is 0 Å². The van der Waals surface area contributed by atoms with Crippen molar-refractivity contribution in [1.29, 1.82) is 0 Å². The van der Waals surface area contributed by atoms with E-state index >= 15 is 0 Å². The number of aliphatic carboxylic acids is 1. The van der Waals surface area contributed by atoms with E-state index in [-0.39, 0.29) is 32.2 Å². The molecule has 0 aromatic rings. The van der Waals surface area contributed by atoms with E-state index in [1.165, 1.54) is 0 Å². The second-order valence-electron chi connectivity index (χ2n) is 3.00. The third kappa shape index (κ3) is 5.90. The number of hydrogen-bond donors (Lipinski definition) is 3. The minimum absolute atomic E-state index is 0.101. The normalized spacial score (nSPS) is 13.9. The molecule has 6 nitrogen and oxygen atoms in total. The number of nitrogens with two attached hydrogens (primary N) is 1. The first kappa shape index (κ1) is 13.3. The summed E-state index contributed by atoms with van der Waals surface area (Å²) in [6, 6.07) is 0. The van der Waals surface area contributed by atoms with Gasteiger partial charge < -0.3 is 10.8 Å². The number of carboxylic acid groups (broad SMARTS) is 1. The molecule has 0 fully saturated rings. The lowest BCUT2D eigenvalue weighted by Gasteiger charge is -2.11. The lowest BCUT2D eigenvalue weighted by atomic mass is 10.1. The third-order valence-electron chi connectivity index (χ3n) is 1.83. The largest absolute Gasteiger partial charge is 0.481 e. The number of carbonyl (C=O) groups is 1. The molecule has 84 valence electrons. The SMILES string of the molecule is NCCC(CCCC(=O)O)S(=O)(=O)O. The molecular formula is C7H15NO5S. The van der Waals surface area contributed by atoms with E-state index in [1.54, 1.807) is 0 Å². The summed E-state index contributed by atoms with van der Waals surface area (Å²) in [6.07, 6.45) is 0.400. The van der Waals surface area contributed by atoms with E-state index in [0.29, 0.717) is 0 Å². The van der Waals surface area contributed by atoms with Crippen molar-refractivity contribution >= 4 is 16.1 Å². The third-order valence-corrected chi connectivity index (χ3v) is 3.14. The van der Waals surface area contributed by atoms with Crippen molar-refractivity contribution in [3.05, 3.63) is 0 Å². The molecule has 0 aliphatic carbocycles. The van der Waals surface area contributed by atoms with Crippen LogP contribution in [0.5, 0.6) is 0 Å².